The number of carbonyl (C=O) groups is 2. The first-order chi connectivity index (χ1) is 15.4. The first-order valence-corrected chi connectivity index (χ1v) is 10.9. The van der Waals surface area contributed by atoms with E-state index in [0.717, 1.165) is 28.6 Å². The maximum atomic E-state index is 13.5. The molecule has 8 nitrogen and oxygen atoms in total. The Kier molecular flexibility index (Phi) is 4.73. The summed E-state index contributed by atoms with van der Waals surface area (Å²) in [5.41, 5.74) is 3.31. The van der Waals surface area contributed by atoms with Crippen molar-refractivity contribution in [2.75, 3.05) is 6.54 Å². The van der Waals surface area contributed by atoms with Crippen molar-refractivity contribution in [3.05, 3.63) is 75.5 Å². The summed E-state index contributed by atoms with van der Waals surface area (Å²) < 4.78 is 0. The fraction of sp³-hybridized carbons (Fsp3) is 0.333. The highest BCUT2D eigenvalue weighted by Gasteiger charge is 2.49. The fourth-order valence-corrected chi connectivity index (χ4v) is 5.03. The number of piperazine rings is 1. The quantitative estimate of drug-likeness (QED) is 0.503. The average molecular weight is 432 g/mol. The lowest BCUT2D eigenvalue weighted by molar-refractivity contribution is -0.384. The summed E-state index contributed by atoms with van der Waals surface area (Å²) in [7, 11) is 0. The average Bonchev–Trinajstić information content (AvgIpc) is 3.18. The molecule has 2 aromatic carbocycles. The molecule has 0 unspecified atom stereocenters. The predicted molar refractivity (Wildman–Crippen MR) is 119 cm³/mol. The molecule has 0 bridgehead atoms. The Bertz CT molecular complexity index is 1250. The van der Waals surface area contributed by atoms with E-state index in [1.807, 2.05) is 38.1 Å². The number of H-pyrrole nitrogens is 1. The van der Waals surface area contributed by atoms with E-state index < -0.39 is 17.0 Å². The van der Waals surface area contributed by atoms with Gasteiger partial charge in [-0.25, -0.2) is 0 Å². The smallest absolute Gasteiger partial charge is 0.269 e. The summed E-state index contributed by atoms with van der Waals surface area (Å²) in [6.45, 7) is 3.98. The lowest BCUT2D eigenvalue weighted by Gasteiger charge is -2.48. The van der Waals surface area contributed by atoms with E-state index in [1.165, 1.54) is 12.1 Å². The molecule has 3 aromatic rings. The standard InChI is InChI=1S/C24H24N4O4/c1-3-14(2)26-13-21(29)27-20(24(26)30)12-18-17-9-4-5-10-19(17)25-22(18)23(27)15-7-6-8-16(11-15)28(31)32/h4-11,14,20,23,25H,3,12-13H2,1-2H3/t14-,20-,23+/m1/s1. The molecule has 1 fully saturated rings. The number of aromatic amines is 1. The van der Waals surface area contributed by atoms with Crippen LogP contribution in [-0.4, -0.2) is 50.1 Å². The normalized spacial score (nSPS) is 21.4. The summed E-state index contributed by atoms with van der Waals surface area (Å²) in [6, 6.07) is 12.9. The molecule has 3 atom stereocenters. The number of amides is 2. The Morgan fingerprint density at radius 1 is 1.19 bits per heavy atom. The van der Waals surface area contributed by atoms with E-state index in [1.54, 1.807) is 21.9 Å². The molecule has 0 aliphatic carbocycles. The highest BCUT2D eigenvalue weighted by Crippen LogP contribution is 2.43. The second kappa shape index (κ2) is 7.47. The van der Waals surface area contributed by atoms with Crippen LogP contribution in [-0.2, 0) is 16.0 Å². The van der Waals surface area contributed by atoms with Gasteiger partial charge in [-0.15, -0.1) is 0 Å². The SMILES string of the molecule is CC[C@@H](C)N1CC(=O)N2[C@@H](c3cccc([N+](=O)[O-])c3)c3[nH]c4ccccc4c3C[C@@H]2C1=O. The van der Waals surface area contributed by atoms with Gasteiger partial charge in [0, 0.05) is 41.2 Å². The third-order valence-corrected chi connectivity index (χ3v) is 6.81. The number of para-hydroxylation sites is 1. The van der Waals surface area contributed by atoms with E-state index in [0.29, 0.717) is 12.0 Å². The maximum Gasteiger partial charge on any atom is 0.269 e. The molecular formula is C24H24N4O4. The van der Waals surface area contributed by atoms with Crippen LogP contribution in [0.1, 0.15) is 43.1 Å². The van der Waals surface area contributed by atoms with Crippen molar-refractivity contribution < 1.29 is 14.5 Å². The third-order valence-electron chi connectivity index (χ3n) is 6.81. The van der Waals surface area contributed by atoms with Gasteiger partial charge in [0.15, 0.2) is 0 Å². The minimum Gasteiger partial charge on any atom is -0.356 e. The van der Waals surface area contributed by atoms with Gasteiger partial charge in [-0.2, -0.15) is 0 Å². The maximum absolute atomic E-state index is 13.5. The molecule has 0 radical (unpaired) electrons. The van der Waals surface area contributed by atoms with Crippen molar-refractivity contribution in [2.45, 2.75) is 44.8 Å². The number of nitrogens with zero attached hydrogens (tertiary/aromatic N) is 3. The molecule has 164 valence electrons. The molecule has 1 saturated heterocycles. The number of fused-ring (bicyclic) bond motifs is 4. The molecule has 2 aliphatic heterocycles. The zero-order valence-electron chi connectivity index (χ0n) is 17.9. The molecule has 2 aliphatic rings. The minimum atomic E-state index is -0.638. The van der Waals surface area contributed by atoms with Crippen LogP contribution in [0.4, 0.5) is 5.69 Å². The monoisotopic (exact) mass is 432 g/mol. The largest absolute Gasteiger partial charge is 0.356 e. The predicted octanol–water partition coefficient (Wildman–Crippen LogP) is 3.56. The Labute approximate surface area is 185 Å². The topological polar surface area (TPSA) is 99.5 Å². The summed E-state index contributed by atoms with van der Waals surface area (Å²) >= 11 is 0. The van der Waals surface area contributed by atoms with Gasteiger partial charge in [0.05, 0.1) is 11.0 Å². The molecule has 32 heavy (non-hydrogen) atoms. The van der Waals surface area contributed by atoms with Gasteiger partial charge in [0.1, 0.15) is 12.6 Å². The number of hydrogen-bond acceptors (Lipinski definition) is 4. The number of rotatable bonds is 4. The van der Waals surface area contributed by atoms with Crippen molar-refractivity contribution in [1.82, 2.24) is 14.8 Å². The van der Waals surface area contributed by atoms with Crippen LogP contribution < -0.4 is 0 Å². The van der Waals surface area contributed by atoms with Crippen LogP contribution in [0.5, 0.6) is 0 Å². The van der Waals surface area contributed by atoms with Gasteiger partial charge in [-0.05, 0) is 30.5 Å². The number of nitrogens with one attached hydrogen (secondary N) is 1. The van der Waals surface area contributed by atoms with E-state index >= 15 is 0 Å². The van der Waals surface area contributed by atoms with Crippen LogP contribution in [0.3, 0.4) is 0 Å². The molecule has 5 rings (SSSR count). The van der Waals surface area contributed by atoms with Crippen molar-refractivity contribution in [3.63, 3.8) is 0 Å². The van der Waals surface area contributed by atoms with Crippen LogP contribution in [0.25, 0.3) is 10.9 Å². The zero-order chi connectivity index (χ0) is 22.6. The van der Waals surface area contributed by atoms with Crippen LogP contribution >= 0.6 is 0 Å². The van der Waals surface area contributed by atoms with Gasteiger partial charge in [-0.3, -0.25) is 19.7 Å². The Balaban J connectivity index is 1.71. The van der Waals surface area contributed by atoms with E-state index in [2.05, 4.69) is 4.98 Å². The molecule has 0 saturated carbocycles. The Morgan fingerprint density at radius 2 is 1.97 bits per heavy atom. The van der Waals surface area contributed by atoms with Gasteiger partial charge >= 0.3 is 0 Å². The van der Waals surface area contributed by atoms with Crippen molar-refractivity contribution in [3.8, 4) is 0 Å². The fourth-order valence-electron chi connectivity index (χ4n) is 5.03. The first-order valence-electron chi connectivity index (χ1n) is 10.9. The number of non-ortho nitro benzene ring substituents is 1. The lowest BCUT2D eigenvalue weighted by Crippen LogP contribution is -2.64. The molecular weight excluding hydrogens is 408 g/mol. The molecule has 0 spiro atoms. The summed E-state index contributed by atoms with van der Waals surface area (Å²) in [5.74, 6) is -0.207. The summed E-state index contributed by atoms with van der Waals surface area (Å²) in [6.07, 6.45) is 1.18. The number of carbonyl (C=O) groups excluding carboxylic acids is 2. The van der Waals surface area contributed by atoms with Crippen molar-refractivity contribution >= 4 is 28.4 Å². The van der Waals surface area contributed by atoms with Gasteiger partial charge < -0.3 is 14.8 Å². The molecule has 1 N–H and O–H groups in total. The van der Waals surface area contributed by atoms with E-state index in [9.17, 15) is 19.7 Å². The van der Waals surface area contributed by atoms with Gasteiger partial charge in [-0.1, -0.05) is 37.3 Å². The van der Waals surface area contributed by atoms with Gasteiger partial charge in [0.2, 0.25) is 11.8 Å². The summed E-state index contributed by atoms with van der Waals surface area (Å²) in [5, 5.41) is 12.4. The number of nitro groups is 1. The number of nitro benzene ring substituents is 1. The third kappa shape index (κ3) is 2.97. The minimum absolute atomic E-state index is 0.0192. The second-order valence-electron chi connectivity index (χ2n) is 8.56. The Hall–Kier alpha value is -3.68. The van der Waals surface area contributed by atoms with Crippen LogP contribution in [0.15, 0.2) is 48.5 Å². The van der Waals surface area contributed by atoms with E-state index in [-0.39, 0.29) is 30.1 Å². The molecule has 2 amide bonds. The van der Waals surface area contributed by atoms with E-state index in [4.69, 9.17) is 0 Å². The number of benzene rings is 2. The highest BCUT2D eigenvalue weighted by atomic mass is 16.6. The van der Waals surface area contributed by atoms with Crippen molar-refractivity contribution in [2.24, 2.45) is 0 Å². The number of aromatic nitrogens is 1. The highest BCUT2D eigenvalue weighted by molar-refractivity contribution is 5.97. The second-order valence-corrected chi connectivity index (χ2v) is 8.56. The van der Waals surface area contributed by atoms with Crippen LogP contribution in [0, 0.1) is 10.1 Å². The molecule has 1 aromatic heterocycles. The van der Waals surface area contributed by atoms with Crippen LogP contribution in [0.2, 0.25) is 0 Å². The van der Waals surface area contributed by atoms with Gasteiger partial charge in [0.25, 0.3) is 5.69 Å². The Morgan fingerprint density at radius 3 is 2.72 bits per heavy atom. The molecule has 8 heteroatoms. The summed E-state index contributed by atoms with van der Waals surface area (Å²) in [4.78, 5) is 44.7. The first kappa shape index (κ1) is 20.2. The number of hydrogen-bond donors (Lipinski definition) is 1. The lowest BCUT2D eigenvalue weighted by atomic mass is 9.85. The van der Waals surface area contributed by atoms with Crippen molar-refractivity contribution in [1.29, 1.82) is 0 Å². The zero-order valence-corrected chi connectivity index (χ0v) is 17.9. The molecule has 3 heterocycles.